The van der Waals surface area contributed by atoms with Gasteiger partial charge in [0.1, 0.15) is 5.84 Å². The fourth-order valence-electron chi connectivity index (χ4n) is 1.28. The molecule has 0 unspecified atom stereocenters. The minimum atomic E-state index is 0.750. The Morgan fingerprint density at radius 2 is 1.90 bits per heavy atom. The number of piperidine rings is 1. The van der Waals surface area contributed by atoms with Gasteiger partial charge < -0.3 is 10.1 Å². The highest BCUT2D eigenvalue weighted by Gasteiger charge is 2.10. The van der Waals surface area contributed by atoms with E-state index in [1.807, 2.05) is 6.92 Å². The zero-order valence-electron chi connectivity index (χ0n) is 6.38. The van der Waals surface area contributed by atoms with E-state index in [9.17, 15) is 0 Å². The van der Waals surface area contributed by atoms with Crippen molar-refractivity contribution in [2.45, 2.75) is 26.2 Å². The highest BCUT2D eigenvalue weighted by atomic mass is 16.4. The van der Waals surface area contributed by atoms with Gasteiger partial charge in [0.05, 0.1) is 0 Å². The van der Waals surface area contributed by atoms with Crippen molar-refractivity contribution in [3.05, 3.63) is 0 Å². The van der Waals surface area contributed by atoms with Crippen molar-refractivity contribution in [1.29, 1.82) is 0 Å². The maximum Gasteiger partial charge on any atom is 0.141 e. The summed E-state index contributed by atoms with van der Waals surface area (Å²) in [6, 6.07) is 0. The molecule has 3 heteroatoms. The molecule has 3 nitrogen and oxygen atoms in total. The molecule has 0 aromatic heterocycles. The predicted molar refractivity (Wildman–Crippen MR) is 40.3 cm³/mol. The van der Waals surface area contributed by atoms with Gasteiger partial charge in [-0.2, -0.15) is 0 Å². The first-order valence-electron chi connectivity index (χ1n) is 3.78. The van der Waals surface area contributed by atoms with E-state index in [2.05, 4.69) is 10.1 Å². The van der Waals surface area contributed by atoms with Gasteiger partial charge in [0, 0.05) is 13.1 Å². The lowest BCUT2D eigenvalue weighted by Crippen LogP contribution is -2.33. The second-order valence-electron chi connectivity index (χ2n) is 2.69. The van der Waals surface area contributed by atoms with Crippen LogP contribution in [0, 0.1) is 0 Å². The Hall–Kier alpha value is -0.730. The van der Waals surface area contributed by atoms with E-state index in [1.54, 1.807) is 0 Å². The van der Waals surface area contributed by atoms with Crippen molar-refractivity contribution >= 4 is 5.84 Å². The Morgan fingerprint density at radius 1 is 1.30 bits per heavy atom. The molecule has 1 aliphatic rings. The van der Waals surface area contributed by atoms with E-state index in [1.165, 1.54) is 19.3 Å². The van der Waals surface area contributed by atoms with Gasteiger partial charge in [-0.3, -0.25) is 0 Å². The average molecular weight is 142 g/mol. The molecule has 1 aliphatic heterocycles. The second kappa shape index (κ2) is 3.44. The summed E-state index contributed by atoms with van der Waals surface area (Å²) in [6.07, 6.45) is 3.77. The minimum absolute atomic E-state index is 0.750. The van der Waals surface area contributed by atoms with Crippen molar-refractivity contribution in [3.8, 4) is 0 Å². The van der Waals surface area contributed by atoms with E-state index >= 15 is 0 Å². The Bertz CT molecular complexity index is 128. The van der Waals surface area contributed by atoms with E-state index in [-0.39, 0.29) is 0 Å². The normalized spacial score (nSPS) is 21.3. The lowest BCUT2D eigenvalue weighted by Gasteiger charge is -2.26. The maximum absolute atomic E-state index is 8.43. The SMILES string of the molecule is CC(=NO)N1CCCCC1. The number of oxime groups is 1. The molecule has 0 radical (unpaired) electrons. The van der Waals surface area contributed by atoms with Crippen LogP contribution in [-0.2, 0) is 0 Å². The lowest BCUT2D eigenvalue weighted by atomic mass is 10.1. The first-order valence-corrected chi connectivity index (χ1v) is 3.78. The van der Waals surface area contributed by atoms with Gasteiger partial charge in [-0.25, -0.2) is 0 Å². The van der Waals surface area contributed by atoms with Crippen molar-refractivity contribution in [2.75, 3.05) is 13.1 Å². The average Bonchev–Trinajstić information content (AvgIpc) is 2.05. The van der Waals surface area contributed by atoms with E-state index in [0.29, 0.717) is 0 Å². The number of rotatable bonds is 0. The highest BCUT2D eigenvalue weighted by Crippen LogP contribution is 2.08. The molecule has 1 rings (SSSR count). The standard InChI is InChI=1S/C7H14N2O/c1-7(8-10)9-5-3-2-4-6-9/h10H,2-6H2,1H3. The van der Waals surface area contributed by atoms with Crippen molar-refractivity contribution in [1.82, 2.24) is 4.90 Å². The number of nitrogens with zero attached hydrogens (tertiary/aromatic N) is 2. The summed E-state index contributed by atoms with van der Waals surface area (Å²) in [5, 5.41) is 11.6. The Morgan fingerprint density at radius 3 is 2.40 bits per heavy atom. The maximum atomic E-state index is 8.43. The van der Waals surface area contributed by atoms with Crippen LogP contribution in [0.4, 0.5) is 0 Å². The van der Waals surface area contributed by atoms with Crippen LogP contribution in [0.25, 0.3) is 0 Å². The van der Waals surface area contributed by atoms with Gasteiger partial charge in [0.2, 0.25) is 0 Å². The number of amidine groups is 1. The van der Waals surface area contributed by atoms with Crippen LogP contribution in [-0.4, -0.2) is 29.0 Å². The number of hydrogen-bond donors (Lipinski definition) is 1. The van der Waals surface area contributed by atoms with Crippen LogP contribution >= 0.6 is 0 Å². The molecule has 0 saturated carbocycles. The van der Waals surface area contributed by atoms with Crippen LogP contribution in [0.3, 0.4) is 0 Å². The molecule has 0 aromatic rings. The Balaban J connectivity index is 2.39. The van der Waals surface area contributed by atoms with Crippen LogP contribution in [0.1, 0.15) is 26.2 Å². The molecule has 0 aliphatic carbocycles. The third-order valence-electron chi connectivity index (χ3n) is 1.96. The smallest absolute Gasteiger partial charge is 0.141 e. The van der Waals surface area contributed by atoms with Gasteiger partial charge in [-0.1, -0.05) is 5.16 Å². The first kappa shape index (κ1) is 7.38. The fourth-order valence-corrected chi connectivity index (χ4v) is 1.28. The molecule has 1 fully saturated rings. The summed E-state index contributed by atoms with van der Waals surface area (Å²) in [5.74, 6) is 0.750. The summed E-state index contributed by atoms with van der Waals surface area (Å²) in [6.45, 7) is 3.94. The van der Waals surface area contributed by atoms with Crippen molar-refractivity contribution in [2.24, 2.45) is 5.16 Å². The molecular weight excluding hydrogens is 128 g/mol. The fraction of sp³-hybridized carbons (Fsp3) is 0.857. The van der Waals surface area contributed by atoms with Crippen molar-refractivity contribution in [3.63, 3.8) is 0 Å². The summed E-state index contributed by atoms with van der Waals surface area (Å²) in [7, 11) is 0. The topological polar surface area (TPSA) is 35.8 Å². The Labute approximate surface area is 61.3 Å². The van der Waals surface area contributed by atoms with E-state index in [0.717, 1.165) is 18.9 Å². The molecule has 58 valence electrons. The zero-order valence-corrected chi connectivity index (χ0v) is 6.38. The molecule has 1 saturated heterocycles. The van der Waals surface area contributed by atoms with E-state index in [4.69, 9.17) is 5.21 Å². The molecule has 1 N–H and O–H groups in total. The monoisotopic (exact) mass is 142 g/mol. The minimum Gasteiger partial charge on any atom is -0.409 e. The van der Waals surface area contributed by atoms with Crippen LogP contribution in [0.15, 0.2) is 5.16 Å². The molecule has 0 spiro atoms. The molecule has 0 bridgehead atoms. The quantitative estimate of drug-likeness (QED) is 0.239. The summed E-state index contributed by atoms with van der Waals surface area (Å²) in [4.78, 5) is 2.11. The zero-order chi connectivity index (χ0) is 7.40. The van der Waals surface area contributed by atoms with Gasteiger partial charge in [-0.15, -0.1) is 0 Å². The number of hydrogen-bond acceptors (Lipinski definition) is 2. The van der Waals surface area contributed by atoms with Gasteiger partial charge in [0.15, 0.2) is 0 Å². The third kappa shape index (κ3) is 1.62. The molecular formula is C7H14N2O. The van der Waals surface area contributed by atoms with E-state index < -0.39 is 0 Å². The lowest BCUT2D eigenvalue weighted by molar-refractivity contribution is 0.284. The van der Waals surface area contributed by atoms with Crippen molar-refractivity contribution < 1.29 is 5.21 Å². The van der Waals surface area contributed by atoms with Crippen LogP contribution < -0.4 is 0 Å². The van der Waals surface area contributed by atoms with Crippen LogP contribution in [0.5, 0.6) is 0 Å². The summed E-state index contributed by atoms with van der Waals surface area (Å²) < 4.78 is 0. The molecule has 1 heterocycles. The van der Waals surface area contributed by atoms with Gasteiger partial charge in [0.25, 0.3) is 0 Å². The molecule has 0 aromatic carbocycles. The van der Waals surface area contributed by atoms with Crippen LogP contribution in [0.2, 0.25) is 0 Å². The Kier molecular flexibility index (Phi) is 2.54. The second-order valence-corrected chi connectivity index (χ2v) is 2.69. The molecule has 0 atom stereocenters. The predicted octanol–water partition coefficient (Wildman–Crippen LogP) is 1.28. The highest BCUT2D eigenvalue weighted by molar-refractivity contribution is 5.79. The van der Waals surface area contributed by atoms with Gasteiger partial charge >= 0.3 is 0 Å². The molecule has 10 heavy (non-hydrogen) atoms. The summed E-state index contributed by atoms with van der Waals surface area (Å²) in [5.41, 5.74) is 0. The largest absolute Gasteiger partial charge is 0.409 e. The molecule has 0 amide bonds. The summed E-state index contributed by atoms with van der Waals surface area (Å²) >= 11 is 0. The van der Waals surface area contributed by atoms with Gasteiger partial charge in [-0.05, 0) is 26.2 Å². The first-order chi connectivity index (χ1) is 4.84. The number of likely N-dealkylation sites (tertiary alicyclic amines) is 1. The third-order valence-corrected chi connectivity index (χ3v) is 1.96.